The second kappa shape index (κ2) is 13.0. The molecule has 0 spiro atoms. The van der Waals surface area contributed by atoms with Crippen LogP contribution in [0, 0.1) is 5.92 Å². The van der Waals surface area contributed by atoms with Gasteiger partial charge in [0.1, 0.15) is 11.5 Å². The van der Waals surface area contributed by atoms with Gasteiger partial charge in [0.25, 0.3) is 0 Å². The highest BCUT2D eigenvalue weighted by molar-refractivity contribution is 14.0. The minimum atomic E-state index is 0. The monoisotopic (exact) mass is 477 g/mol. The molecule has 0 aromatic heterocycles. The fourth-order valence-corrected chi connectivity index (χ4v) is 2.36. The van der Waals surface area contributed by atoms with Crippen LogP contribution in [0.25, 0.3) is 0 Å². The molecule has 0 aliphatic heterocycles. The molecule has 1 aliphatic rings. The van der Waals surface area contributed by atoms with Crippen LogP contribution in [0.5, 0.6) is 11.5 Å². The number of nitrogens with one attached hydrogen (secondary N) is 1. The minimum absolute atomic E-state index is 0. The number of ether oxygens (including phenoxy) is 3. The van der Waals surface area contributed by atoms with Crippen molar-refractivity contribution in [1.29, 1.82) is 0 Å². The van der Waals surface area contributed by atoms with Gasteiger partial charge in [0.05, 0.1) is 20.3 Å². The molecular formula is C19H32IN3O3. The maximum Gasteiger partial charge on any atom is 0.193 e. The van der Waals surface area contributed by atoms with Gasteiger partial charge in [-0.1, -0.05) is 0 Å². The van der Waals surface area contributed by atoms with Gasteiger partial charge in [-0.3, -0.25) is 4.99 Å². The smallest absolute Gasteiger partial charge is 0.193 e. The zero-order valence-electron chi connectivity index (χ0n) is 16.1. The highest BCUT2D eigenvalue weighted by atomic mass is 127. The second-order valence-electron chi connectivity index (χ2n) is 6.29. The summed E-state index contributed by atoms with van der Waals surface area (Å²) in [5.41, 5.74) is 0. The van der Waals surface area contributed by atoms with Crippen molar-refractivity contribution in [2.75, 3.05) is 54.1 Å². The summed E-state index contributed by atoms with van der Waals surface area (Å²) in [5.74, 6) is 3.39. The van der Waals surface area contributed by atoms with Gasteiger partial charge >= 0.3 is 0 Å². The summed E-state index contributed by atoms with van der Waals surface area (Å²) < 4.78 is 16.5. The van der Waals surface area contributed by atoms with Crippen LogP contribution in [0.3, 0.4) is 0 Å². The summed E-state index contributed by atoms with van der Waals surface area (Å²) in [5, 5.41) is 3.36. The number of halogens is 1. The normalized spacial score (nSPS) is 13.7. The average molecular weight is 477 g/mol. The van der Waals surface area contributed by atoms with E-state index in [1.54, 1.807) is 14.2 Å². The first-order valence-corrected chi connectivity index (χ1v) is 8.99. The lowest BCUT2D eigenvalue weighted by molar-refractivity contribution is 0.115. The predicted molar refractivity (Wildman–Crippen MR) is 116 cm³/mol. The minimum Gasteiger partial charge on any atom is -0.497 e. The number of aliphatic imine (C=N–C) groups is 1. The molecule has 1 N–H and O–H groups in total. The van der Waals surface area contributed by atoms with Crippen LogP contribution >= 0.6 is 24.0 Å². The highest BCUT2D eigenvalue weighted by Crippen LogP contribution is 2.28. The van der Waals surface area contributed by atoms with E-state index in [-0.39, 0.29) is 24.0 Å². The summed E-state index contributed by atoms with van der Waals surface area (Å²) in [4.78, 5) is 6.40. The number of hydrogen-bond donors (Lipinski definition) is 1. The van der Waals surface area contributed by atoms with E-state index in [4.69, 9.17) is 14.2 Å². The van der Waals surface area contributed by atoms with Crippen molar-refractivity contribution in [2.24, 2.45) is 10.9 Å². The Morgan fingerprint density at radius 1 is 1.19 bits per heavy atom. The molecule has 7 heteroatoms. The van der Waals surface area contributed by atoms with E-state index < -0.39 is 0 Å². The van der Waals surface area contributed by atoms with Crippen molar-refractivity contribution < 1.29 is 14.2 Å². The van der Waals surface area contributed by atoms with Crippen LogP contribution in [-0.2, 0) is 4.74 Å². The van der Waals surface area contributed by atoms with Crippen LogP contribution in [0.2, 0.25) is 0 Å². The van der Waals surface area contributed by atoms with Gasteiger partial charge in [0.15, 0.2) is 5.96 Å². The molecule has 0 radical (unpaired) electrons. The third-order valence-corrected chi connectivity index (χ3v) is 4.13. The fourth-order valence-electron chi connectivity index (χ4n) is 2.36. The number of guanidine groups is 1. The maximum absolute atomic E-state index is 5.72. The predicted octanol–water partition coefficient (Wildman–Crippen LogP) is 3.02. The molecule has 1 aliphatic carbocycles. The average Bonchev–Trinajstić information content (AvgIpc) is 3.46. The molecule has 1 aromatic carbocycles. The van der Waals surface area contributed by atoms with E-state index in [1.165, 1.54) is 12.8 Å². The van der Waals surface area contributed by atoms with Crippen LogP contribution in [-0.4, -0.2) is 65.0 Å². The van der Waals surface area contributed by atoms with Crippen molar-refractivity contribution in [1.82, 2.24) is 10.2 Å². The molecule has 1 saturated carbocycles. The quantitative estimate of drug-likeness (QED) is 0.230. The van der Waals surface area contributed by atoms with E-state index in [0.29, 0.717) is 6.61 Å². The van der Waals surface area contributed by atoms with E-state index in [9.17, 15) is 0 Å². The van der Waals surface area contributed by atoms with E-state index in [1.807, 2.05) is 31.3 Å². The van der Waals surface area contributed by atoms with Gasteiger partial charge in [-0.05, 0) is 49.4 Å². The molecule has 0 atom stereocenters. The standard InChI is InChI=1S/C19H31N3O3.HI/c1-20-19(22(2)12-14-24-15-16-5-6-16)21-11-4-13-25-18-9-7-17(23-3)8-10-18;/h7-10,16H,4-6,11-15H2,1-3H3,(H,20,21);1H. The lowest BCUT2D eigenvalue weighted by atomic mass is 10.3. The van der Waals surface area contributed by atoms with Gasteiger partial charge < -0.3 is 24.4 Å². The van der Waals surface area contributed by atoms with Crippen LogP contribution in [0.4, 0.5) is 0 Å². The third kappa shape index (κ3) is 8.93. The molecular weight excluding hydrogens is 445 g/mol. The first kappa shape index (κ1) is 22.8. The number of methoxy groups -OCH3 is 1. The van der Waals surface area contributed by atoms with Crippen LogP contribution in [0.15, 0.2) is 29.3 Å². The molecule has 26 heavy (non-hydrogen) atoms. The molecule has 6 nitrogen and oxygen atoms in total. The zero-order chi connectivity index (χ0) is 17.9. The van der Waals surface area contributed by atoms with Gasteiger partial charge in [0, 0.05) is 33.8 Å². The Morgan fingerprint density at radius 2 is 1.88 bits per heavy atom. The summed E-state index contributed by atoms with van der Waals surface area (Å²) in [6.07, 6.45) is 3.56. The summed E-state index contributed by atoms with van der Waals surface area (Å²) in [7, 11) is 5.49. The van der Waals surface area contributed by atoms with Crippen molar-refractivity contribution in [3.63, 3.8) is 0 Å². The summed E-state index contributed by atoms with van der Waals surface area (Å²) in [6.45, 7) is 3.96. The third-order valence-electron chi connectivity index (χ3n) is 4.13. The summed E-state index contributed by atoms with van der Waals surface area (Å²) >= 11 is 0. The molecule has 1 aromatic rings. The molecule has 148 valence electrons. The van der Waals surface area contributed by atoms with Crippen molar-refractivity contribution in [3.05, 3.63) is 24.3 Å². The van der Waals surface area contributed by atoms with Crippen molar-refractivity contribution >= 4 is 29.9 Å². The molecule has 0 unspecified atom stereocenters. The Kier molecular flexibility index (Phi) is 11.4. The molecule has 0 bridgehead atoms. The molecule has 0 amide bonds. The lowest BCUT2D eigenvalue weighted by Crippen LogP contribution is -2.41. The Morgan fingerprint density at radius 3 is 2.50 bits per heavy atom. The Balaban J connectivity index is 0.00000338. The van der Waals surface area contributed by atoms with E-state index in [0.717, 1.165) is 56.1 Å². The molecule has 0 heterocycles. The van der Waals surface area contributed by atoms with Gasteiger partial charge in [-0.25, -0.2) is 0 Å². The Hall–Kier alpha value is -1.22. The SMILES string of the molecule is CN=C(NCCCOc1ccc(OC)cc1)N(C)CCOCC1CC1.I. The number of hydrogen-bond acceptors (Lipinski definition) is 4. The van der Waals surface area contributed by atoms with E-state index in [2.05, 4.69) is 15.2 Å². The van der Waals surface area contributed by atoms with Gasteiger partial charge in [-0.2, -0.15) is 0 Å². The highest BCUT2D eigenvalue weighted by Gasteiger charge is 2.21. The van der Waals surface area contributed by atoms with E-state index >= 15 is 0 Å². The first-order chi connectivity index (χ1) is 12.2. The Labute approximate surface area is 174 Å². The number of rotatable bonds is 11. The molecule has 2 rings (SSSR count). The van der Waals surface area contributed by atoms with Crippen LogP contribution < -0.4 is 14.8 Å². The zero-order valence-corrected chi connectivity index (χ0v) is 18.4. The Bertz CT molecular complexity index is 521. The van der Waals surface area contributed by atoms with Gasteiger partial charge in [-0.15, -0.1) is 24.0 Å². The number of nitrogens with zero attached hydrogens (tertiary/aromatic N) is 2. The topological polar surface area (TPSA) is 55.3 Å². The van der Waals surface area contributed by atoms with Crippen molar-refractivity contribution in [3.8, 4) is 11.5 Å². The maximum atomic E-state index is 5.72. The summed E-state index contributed by atoms with van der Waals surface area (Å²) in [6, 6.07) is 7.63. The lowest BCUT2D eigenvalue weighted by Gasteiger charge is -2.22. The number of benzene rings is 1. The molecule has 0 saturated heterocycles. The first-order valence-electron chi connectivity index (χ1n) is 8.99. The largest absolute Gasteiger partial charge is 0.497 e. The van der Waals surface area contributed by atoms with Crippen molar-refractivity contribution in [2.45, 2.75) is 19.3 Å². The number of likely N-dealkylation sites (N-methyl/N-ethyl adjacent to an activating group) is 1. The fraction of sp³-hybridized carbons (Fsp3) is 0.632. The van der Waals surface area contributed by atoms with Crippen LogP contribution in [0.1, 0.15) is 19.3 Å². The molecule has 1 fully saturated rings. The second-order valence-corrected chi connectivity index (χ2v) is 6.29. The van der Waals surface area contributed by atoms with Gasteiger partial charge in [0.2, 0.25) is 0 Å².